The Kier molecular flexibility index (Phi) is 4.85. The molecular formula is C13H17NO4. The number of benzene rings is 1. The van der Waals surface area contributed by atoms with Gasteiger partial charge in [-0.15, -0.1) is 0 Å². The lowest BCUT2D eigenvalue weighted by molar-refractivity contribution is -0.164. The fourth-order valence-corrected chi connectivity index (χ4v) is 1.24. The first-order valence-corrected chi connectivity index (χ1v) is 5.65. The number of hydrogen-bond acceptors (Lipinski definition) is 5. The van der Waals surface area contributed by atoms with Crippen molar-refractivity contribution in [2.24, 2.45) is 5.73 Å². The van der Waals surface area contributed by atoms with E-state index in [1.807, 2.05) is 30.3 Å². The first-order chi connectivity index (χ1) is 8.48. The zero-order valence-corrected chi connectivity index (χ0v) is 10.5. The summed E-state index contributed by atoms with van der Waals surface area (Å²) in [6, 6.07) is 9.14. The molecule has 0 radical (unpaired) electrons. The van der Waals surface area contributed by atoms with Gasteiger partial charge >= 0.3 is 11.9 Å². The van der Waals surface area contributed by atoms with E-state index in [1.165, 1.54) is 6.92 Å². The van der Waals surface area contributed by atoms with Crippen molar-refractivity contribution in [1.29, 1.82) is 0 Å². The third-order valence-corrected chi connectivity index (χ3v) is 2.34. The summed E-state index contributed by atoms with van der Waals surface area (Å²) in [6.07, 6.45) is 0. The van der Waals surface area contributed by atoms with Gasteiger partial charge in [0.15, 0.2) is 0 Å². The maximum atomic E-state index is 11.7. The van der Waals surface area contributed by atoms with Crippen molar-refractivity contribution in [1.82, 2.24) is 0 Å². The second-order valence-electron chi connectivity index (χ2n) is 3.98. The Bertz CT molecular complexity index is 414. The van der Waals surface area contributed by atoms with E-state index >= 15 is 0 Å². The first kappa shape index (κ1) is 14.2. The van der Waals surface area contributed by atoms with Crippen LogP contribution in [0.4, 0.5) is 0 Å². The standard InChI is InChI=1S/C13H17NO4/c1-3-17-11(15)13(2,14)12(16)18-9-10-7-5-4-6-8-10/h4-8H,3,9,14H2,1-2H3. The van der Waals surface area contributed by atoms with Crippen molar-refractivity contribution in [3.05, 3.63) is 35.9 Å². The molecule has 0 saturated carbocycles. The van der Waals surface area contributed by atoms with Gasteiger partial charge in [0.05, 0.1) is 6.61 Å². The monoisotopic (exact) mass is 251 g/mol. The molecule has 5 heteroatoms. The molecule has 0 fully saturated rings. The molecule has 18 heavy (non-hydrogen) atoms. The van der Waals surface area contributed by atoms with Crippen molar-refractivity contribution in [3.8, 4) is 0 Å². The zero-order chi connectivity index (χ0) is 13.6. The second-order valence-corrected chi connectivity index (χ2v) is 3.98. The van der Waals surface area contributed by atoms with Gasteiger partial charge in [0, 0.05) is 0 Å². The third kappa shape index (κ3) is 3.56. The molecule has 0 aliphatic heterocycles. The van der Waals surface area contributed by atoms with Crippen LogP contribution in [0.1, 0.15) is 19.4 Å². The summed E-state index contributed by atoms with van der Waals surface area (Å²) in [4.78, 5) is 23.2. The lowest BCUT2D eigenvalue weighted by Crippen LogP contribution is -2.54. The SMILES string of the molecule is CCOC(=O)C(C)(N)C(=O)OCc1ccccc1. The predicted molar refractivity (Wildman–Crippen MR) is 65.5 cm³/mol. The van der Waals surface area contributed by atoms with Gasteiger partial charge in [-0.05, 0) is 19.4 Å². The molecule has 0 aliphatic rings. The van der Waals surface area contributed by atoms with Crippen LogP contribution in [0.15, 0.2) is 30.3 Å². The fourth-order valence-electron chi connectivity index (χ4n) is 1.24. The van der Waals surface area contributed by atoms with Crippen LogP contribution >= 0.6 is 0 Å². The van der Waals surface area contributed by atoms with Crippen molar-refractivity contribution >= 4 is 11.9 Å². The quantitative estimate of drug-likeness (QED) is 0.624. The smallest absolute Gasteiger partial charge is 0.337 e. The first-order valence-electron chi connectivity index (χ1n) is 5.65. The Balaban J connectivity index is 2.57. The third-order valence-electron chi connectivity index (χ3n) is 2.34. The fraction of sp³-hybridized carbons (Fsp3) is 0.385. The van der Waals surface area contributed by atoms with Crippen LogP contribution in [0.5, 0.6) is 0 Å². The molecule has 1 aromatic rings. The number of esters is 2. The van der Waals surface area contributed by atoms with Gasteiger partial charge in [-0.3, -0.25) is 0 Å². The van der Waals surface area contributed by atoms with E-state index in [0.29, 0.717) is 0 Å². The van der Waals surface area contributed by atoms with Gasteiger partial charge in [-0.1, -0.05) is 30.3 Å². The highest BCUT2D eigenvalue weighted by Gasteiger charge is 2.40. The molecule has 0 heterocycles. The number of rotatable bonds is 5. The van der Waals surface area contributed by atoms with Crippen LogP contribution in [0.3, 0.4) is 0 Å². The van der Waals surface area contributed by atoms with Crippen LogP contribution in [0, 0.1) is 0 Å². The van der Waals surface area contributed by atoms with Gasteiger partial charge in [0.1, 0.15) is 6.61 Å². The molecule has 0 bridgehead atoms. The van der Waals surface area contributed by atoms with Gasteiger partial charge < -0.3 is 15.2 Å². The summed E-state index contributed by atoms with van der Waals surface area (Å²) in [5.74, 6) is -1.59. The largest absolute Gasteiger partial charge is 0.464 e. The van der Waals surface area contributed by atoms with Crippen LogP contribution < -0.4 is 5.73 Å². The molecule has 0 aromatic heterocycles. The predicted octanol–water partition coefficient (Wildman–Crippen LogP) is 1.01. The average molecular weight is 251 g/mol. The van der Waals surface area contributed by atoms with Gasteiger partial charge in [0.2, 0.25) is 5.54 Å². The molecule has 1 aromatic carbocycles. The molecule has 0 aliphatic carbocycles. The minimum Gasteiger partial charge on any atom is -0.464 e. The van der Waals surface area contributed by atoms with E-state index in [9.17, 15) is 9.59 Å². The van der Waals surface area contributed by atoms with Crippen molar-refractivity contribution in [2.75, 3.05) is 6.61 Å². The Morgan fingerprint density at radius 3 is 2.28 bits per heavy atom. The summed E-state index contributed by atoms with van der Waals surface area (Å²) < 4.78 is 9.71. The molecule has 1 atom stereocenters. The minimum absolute atomic E-state index is 0.0753. The lowest BCUT2D eigenvalue weighted by atomic mass is 10.1. The highest BCUT2D eigenvalue weighted by atomic mass is 16.6. The Hall–Kier alpha value is -1.88. The van der Waals surface area contributed by atoms with Crippen molar-refractivity contribution in [2.45, 2.75) is 26.0 Å². The van der Waals surface area contributed by atoms with E-state index in [2.05, 4.69) is 0 Å². The molecule has 0 amide bonds. The van der Waals surface area contributed by atoms with Crippen molar-refractivity contribution in [3.63, 3.8) is 0 Å². The lowest BCUT2D eigenvalue weighted by Gasteiger charge is -2.20. The van der Waals surface area contributed by atoms with E-state index in [1.54, 1.807) is 6.92 Å². The van der Waals surface area contributed by atoms with Crippen LogP contribution in [-0.4, -0.2) is 24.1 Å². The number of hydrogen-bond donors (Lipinski definition) is 1. The molecule has 5 nitrogen and oxygen atoms in total. The second kappa shape index (κ2) is 6.16. The summed E-state index contributed by atoms with van der Waals surface area (Å²) in [5.41, 5.74) is 4.66. The Labute approximate surface area is 106 Å². The number of ether oxygens (including phenoxy) is 2. The number of carbonyl (C=O) groups is 2. The van der Waals surface area contributed by atoms with Crippen LogP contribution in [0.25, 0.3) is 0 Å². The van der Waals surface area contributed by atoms with Crippen molar-refractivity contribution < 1.29 is 19.1 Å². The normalized spacial score (nSPS) is 13.5. The minimum atomic E-state index is -1.77. The maximum Gasteiger partial charge on any atom is 0.337 e. The molecule has 98 valence electrons. The van der Waals surface area contributed by atoms with Crippen LogP contribution in [0.2, 0.25) is 0 Å². The topological polar surface area (TPSA) is 78.6 Å². The summed E-state index contributed by atoms with van der Waals surface area (Å²) in [7, 11) is 0. The zero-order valence-electron chi connectivity index (χ0n) is 10.5. The highest BCUT2D eigenvalue weighted by Crippen LogP contribution is 2.08. The van der Waals surface area contributed by atoms with Gasteiger partial charge in [0.25, 0.3) is 0 Å². The summed E-state index contributed by atoms with van der Waals surface area (Å²) >= 11 is 0. The molecule has 0 spiro atoms. The number of nitrogens with two attached hydrogens (primary N) is 1. The molecule has 1 rings (SSSR count). The van der Waals surface area contributed by atoms with E-state index in [0.717, 1.165) is 5.56 Å². The Morgan fingerprint density at radius 2 is 1.72 bits per heavy atom. The molecule has 1 unspecified atom stereocenters. The highest BCUT2D eigenvalue weighted by molar-refractivity contribution is 6.04. The maximum absolute atomic E-state index is 11.7. The van der Waals surface area contributed by atoms with E-state index in [4.69, 9.17) is 15.2 Å². The van der Waals surface area contributed by atoms with Gasteiger partial charge in [-0.25, -0.2) is 9.59 Å². The molecule has 2 N–H and O–H groups in total. The average Bonchev–Trinajstić information content (AvgIpc) is 2.37. The summed E-state index contributed by atoms with van der Waals surface area (Å²) in [5, 5.41) is 0. The molecular weight excluding hydrogens is 234 g/mol. The Morgan fingerprint density at radius 1 is 1.17 bits per heavy atom. The van der Waals surface area contributed by atoms with Gasteiger partial charge in [-0.2, -0.15) is 0 Å². The van der Waals surface area contributed by atoms with E-state index in [-0.39, 0.29) is 13.2 Å². The summed E-state index contributed by atoms with van der Waals surface area (Å²) in [6.45, 7) is 3.16. The van der Waals surface area contributed by atoms with Crippen LogP contribution in [-0.2, 0) is 25.7 Å². The number of carbonyl (C=O) groups excluding carboxylic acids is 2. The molecule has 0 saturated heterocycles. The van der Waals surface area contributed by atoms with E-state index < -0.39 is 17.5 Å².